The number of aromatic hydroxyl groups is 2. The molecule has 248 valence electrons. The van der Waals surface area contributed by atoms with Crippen LogP contribution in [0.25, 0.3) is 0 Å². The van der Waals surface area contributed by atoms with Gasteiger partial charge in [-0.3, -0.25) is 29.0 Å². The maximum absolute atomic E-state index is 14.3. The highest BCUT2D eigenvalue weighted by molar-refractivity contribution is 6.08. The zero-order valence-electron chi connectivity index (χ0n) is 26.4. The number of para-hydroxylation sites is 1. The molecule has 0 bridgehead atoms. The summed E-state index contributed by atoms with van der Waals surface area (Å²) in [6.07, 6.45) is 3.54. The van der Waals surface area contributed by atoms with E-state index in [1.54, 1.807) is 54.6 Å². The first-order valence-electron chi connectivity index (χ1n) is 16.6. The Kier molecular flexibility index (Phi) is 8.51. The first kappa shape index (κ1) is 31.6. The van der Waals surface area contributed by atoms with Gasteiger partial charge < -0.3 is 20.1 Å². The fourth-order valence-corrected chi connectivity index (χ4v) is 8.34. The number of imide groups is 2. The summed E-state index contributed by atoms with van der Waals surface area (Å²) in [6, 6.07) is 20.7. The number of phenolic OH excluding ortho intramolecular Hbond substituents is 2. The fraction of sp³-hybridized carbons (Fsp3) is 0.368. The molecule has 0 aromatic heterocycles. The number of aliphatic hydroxyl groups excluding tert-OH is 1. The SMILES string of the molecule is O=C1[C@H]2[C@H](CC=C3[C@H]2C[C@H]2C(=O)N(CCc4ccc(O)cc4)C(=O)[C@H]2[C@H]3c2ccccc2OCCO)C(=O)N1CCc1ccc(O)cc1. The molecule has 6 atom stereocenters. The molecule has 1 saturated carbocycles. The Bertz CT molecular complexity index is 1770. The number of carbonyl (C=O) groups excluding carboxylic acids is 4. The number of hydrogen-bond acceptors (Lipinski definition) is 8. The number of carbonyl (C=O) groups is 4. The number of allylic oxidation sites excluding steroid dienone is 2. The topological polar surface area (TPSA) is 145 Å². The van der Waals surface area contributed by atoms with Gasteiger partial charge in [-0.15, -0.1) is 0 Å². The molecule has 7 rings (SSSR count). The molecule has 2 aliphatic heterocycles. The fourth-order valence-electron chi connectivity index (χ4n) is 8.34. The van der Waals surface area contributed by atoms with Crippen molar-refractivity contribution in [2.75, 3.05) is 26.3 Å². The van der Waals surface area contributed by atoms with Crippen LogP contribution in [0.5, 0.6) is 17.2 Å². The van der Waals surface area contributed by atoms with E-state index in [0.29, 0.717) is 31.4 Å². The van der Waals surface area contributed by atoms with Gasteiger partial charge in [0.1, 0.15) is 23.9 Å². The molecular weight excluding hydrogens is 612 g/mol. The predicted molar refractivity (Wildman–Crippen MR) is 174 cm³/mol. The molecule has 48 heavy (non-hydrogen) atoms. The molecule has 2 aliphatic carbocycles. The van der Waals surface area contributed by atoms with Crippen molar-refractivity contribution in [1.29, 1.82) is 0 Å². The van der Waals surface area contributed by atoms with E-state index in [0.717, 1.165) is 22.3 Å². The average molecular weight is 651 g/mol. The molecule has 4 aliphatic rings. The third kappa shape index (κ3) is 5.53. The monoisotopic (exact) mass is 650 g/mol. The van der Waals surface area contributed by atoms with Gasteiger partial charge in [-0.25, -0.2) is 0 Å². The summed E-state index contributed by atoms with van der Waals surface area (Å²) in [6.45, 7) is 0.259. The highest BCUT2D eigenvalue weighted by atomic mass is 16.5. The lowest BCUT2D eigenvalue weighted by molar-refractivity contribution is -0.142. The van der Waals surface area contributed by atoms with Crippen molar-refractivity contribution in [3.05, 3.63) is 101 Å². The van der Waals surface area contributed by atoms with Crippen molar-refractivity contribution in [3.63, 3.8) is 0 Å². The second-order valence-electron chi connectivity index (χ2n) is 13.1. The summed E-state index contributed by atoms with van der Waals surface area (Å²) in [7, 11) is 0. The Morgan fingerprint density at radius 3 is 1.83 bits per heavy atom. The standard InChI is InChI=1S/C38H38N2O8/c41-19-20-48-31-4-2-1-3-27(31)32-26-13-14-28-33(37(46)39(35(28)44)17-15-22-5-9-24(42)10-6-22)29(26)21-30-34(32)38(47)40(36(30)45)18-16-23-7-11-25(43)12-8-23/h1-13,28-30,32-34,41-43H,14-21H2/t28-,29+,30+,32+,33-,34+/m0/s1. The average Bonchev–Trinajstić information content (AvgIpc) is 3.49. The summed E-state index contributed by atoms with van der Waals surface area (Å²) >= 11 is 0. The number of ether oxygens (including phenoxy) is 1. The number of benzene rings is 3. The van der Waals surface area contributed by atoms with Crippen LogP contribution >= 0.6 is 0 Å². The van der Waals surface area contributed by atoms with E-state index in [-0.39, 0.29) is 61.4 Å². The lowest BCUT2D eigenvalue weighted by atomic mass is 9.57. The lowest BCUT2D eigenvalue weighted by Gasteiger charge is -2.44. The second kappa shape index (κ2) is 12.9. The molecule has 3 fully saturated rings. The smallest absolute Gasteiger partial charge is 0.234 e. The van der Waals surface area contributed by atoms with Gasteiger partial charge in [-0.2, -0.15) is 0 Å². The molecule has 3 N–H and O–H groups in total. The van der Waals surface area contributed by atoms with E-state index in [9.17, 15) is 34.5 Å². The van der Waals surface area contributed by atoms with Crippen LogP contribution in [-0.4, -0.2) is 75.1 Å². The van der Waals surface area contributed by atoms with Crippen LogP contribution < -0.4 is 4.74 Å². The third-order valence-corrected chi connectivity index (χ3v) is 10.6. The van der Waals surface area contributed by atoms with Crippen molar-refractivity contribution in [2.45, 2.75) is 31.6 Å². The van der Waals surface area contributed by atoms with Gasteiger partial charge >= 0.3 is 0 Å². The van der Waals surface area contributed by atoms with Gasteiger partial charge in [0, 0.05) is 24.6 Å². The lowest BCUT2D eigenvalue weighted by Crippen LogP contribution is -2.43. The molecule has 2 heterocycles. The molecule has 10 heteroatoms. The minimum absolute atomic E-state index is 0.0552. The maximum atomic E-state index is 14.3. The zero-order valence-corrected chi connectivity index (χ0v) is 26.4. The minimum atomic E-state index is -0.701. The number of phenols is 2. The Hall–Kier alpha value is -4.96. The quantitative estimate of drug-likeness (QED) is 0.223. The van der Waals surface area contributed by atoms with Gasteiger partial charge in [-0.1, -0.05) is 54.1 Å². The van der Waals surface area contributed by atoms with Gasteiger partial charge in [0.2, 0.25) is 23.6 Å². The Labute approximate surface area is 278 Å². The van der Waals surface area contributed by atoms with Crippen LogP contribution in [0.3, 0.4) is 0 Å². The highest BCUT2D eigenvalue weighted by Crippen LogP contribution is 2.58. The Balaban J connectivity index is 1.21. The highest BCUT2D eigenvalue weighted by Gasteiger charge is 2.62. The first-order chi connectivity index (χ1) is 23.3. The van der Waals surface area contributed by atoms with E-state index >= 15 is 0 Å². The van der Waals surface area contributed by atoms with E-state index in [1.165, 1.54) is 9.80 Å². The molecule has 4 amide bonds. The van der Waals surface area contributed by atoms with Crippen LogP contribution in [0.15, 0.2) is 84.4 Å². The number of rotatable bonds is 10. The van der Waals surface area contributed by atoms with Crippen molar-refractivity contribution in [1.82, 2.24) is 9.80 Å². The van der Waals surface area contributed by atoms with Gasteiger partial charge in [0.05, 0.1) is 30.3 Å². The first-order valence-corrected chi connectivity index (χ1v) is 16.6. The molecule has 0 unspecified atom stereocenters. The van der Waals surface area contributed by atoms with Gasteiger partial charge in [-0.05, 0) is 73.1 Å². The van der Waals surface area contributed by atoms with Crippen LogP contribution in [0.4, 0.5) is 0 Å². The largest absolute Gasteiger partial charge is 0.508 e. The molecule has 0 spiro atoms. The molecule has 2 saturated heterocycles. The number of hydrogen-bond donors (Lipinski definition) is 3. The van der Waals surface area contributed by atoms with Crippen LogP contribution in [-0.2, 0) is 32.0 Å². The van der Waals surface area contributed by atoms with Crippen molar-refractivity contribution in [2.24, 2.45) is 29.6 Å². The number of nitrogens with zero attached hydrogens (tertiary/aromatic N) is 2. The van der Waals surface area contributed by atoms with E-state index in [1.807, 2.05) is 24.3 Å². The Morgan fingerprint density at radius 1 is 0.667 bits per heavy atom. The van der Waals surface area contributed by atoms with Crippen molar-refractivity contribution >= 4 is 23.6 Å². The van der Waals surface area contributed by atoms with Crippen molar-refractivity contribution < 1.29 is 39.2 Å². The van der Waals surface area contributed by atoms with E-state index < -0.39 is 35.5 Å². The molecule has 3 aromatic rings. The third-order valence-electron chi connectivity index (χ3n) is 10.6. The summed E-state index contributed by atoms with van der Waals surface area (Å²) in [5, 5.41) is 28.8. The van der Waals surface area contributed by atoms with Crippen LogP contribution in [0.2, 0.25) is 0 Å². The van der Waals surface area contributed by atoms with Gasteiger partial charge in [0.15, 0.2) is 0 Å². The maximum Gasteiger partial charge on any atom is 0.234 e. The Morgan fingerprint density at radius 2 is 1.23 bits per heavy atom. The number of likely N-dealkylation sites (tertiary alicyclic amines) is 2. The van der Waals surface area contributed by atoms with Crippen molar-refractivity contribution in [3.8, 4) is 17.2 Å². The molecule has 3 aromatic carbocycles. The summed E-state index contributed by atoms with van der Waals surface area (Å²) in [5.41, 5.74) is 3.38. The number of fused-ring (bicyclic) bond motifs is 4. The number of aliphatic hydroxyl groups is 1. The van der Waals surface area contributed by atoms with E-state index in [4.69, 9.17) is 4.74 Å². The molecule has 0 radical (unpaired) electrons. The summed E-state index contributed by atoms with van der Waals surface area (Å²) in [5.74, 6) is -3.74. The molecular formula is C38H38N2O8. The minimum Gasteiger partial charge on any atom is -0.508 e. The second-order valence-corrected chi connectivity index (χ2v) is 13.1. The van der Waals surface area contributed by atoms with Gasteiger partial charge in [0.25, 0.3) is 0 Å². The zero-order chi connectivity index (χ0) is 33.5. The normalized spacial score (nSPS) is 26.3. The number of amides is 4. The van der Waals surface area contributed by atoms with Crippen LogP contribution in [0, 0.1) is 29.6 Å². The predicted octanol–water partition coefficient (Wildman–Crippen LogP) is 3.59. The summed E-state index contributed by atoms with van der Waals surface area (Å²) in [4.78, 5) is 58.9. The van der Waals surface area contributed by atoms with E-state index in [2.05, 4.69) is 0 Å². The summed E-state index contributed by atoms with van der Waals surface area (Å²) < 4.78 is 5.94. The molecule has 10 nitrogen and oxygen atoms in total. The van der Waals surface area contributed by atoms with Crippen LogP contribution in [0.1, 0.15) is 35.4 Å².